The molecule has 4 rings (SSSR count). The van der Waals surface area contributed by atoms with Crippen LogP contribution in [0, 0.1) is 5.82 Å². The van der Waals surface area contributed by atoms with E-state index in [-0.39, 0.29) is 11.7 Å². The van der Waals surface area contributed by atoms with Crippen LogP contribution in [0.3, 0.4) is 0 Å². The molecule has 0 spiro atoms. The van der Waals surface area contributed by atoms with Crippen LogP contribution in [0.25, 0.3) is 11.1 Å². The minimum absolute atomic E-state index is 0.0588. The monoisotopic (exact) mass is 347 g/mol. The second-order valence-corrected chi connectivity index (χ2v) is 6.43. The molecule has 1 aliphatic carbocycles. The number of aldehydes is 1. The Morgan fingerprint density at radius 3 is 2.88 bits per heavy atom. The Hall–Kier alpha value is -3.08. The van der Waals surface area contributed by atoms with Gasteiger partial charge in [0.1, 0.15) is 17.9 Å². The van der Waals surface area contributed by atoms with E-state index in [0.29, 0.717) is 17.1 Å². The van der Waals surface area contributed by atoms with Gasteiger partial charge in [0.15, 0.2) is 0 Å². The number of fused-ring (bicyclic) bond motifs is 1. The zero-order valence-corrected chi connectivity index (χ0v) is 14.2. The molecule has 1 unspecified atom stereocenters. The number of halogens is 1. The van der Waals surface area contributed by atoms with Crippen LogP contribution < -0.4 is 5.32 Å². The lowest BCUT2D eigenvalue weighted by Gasteiger charge is -2.21. The van der Waals surface area contributed by atoms with Crippen LogP contribution in [-0.4, -0.2) is 16.3 Å². The van der Waals surface area contributed by atoms with Crippen molar-refractivity contribution in [3.05, 3.63) is 71.9 Å². The van der Waals surface area contributed by atoms with Crippen LogP contribution in [0.5, 0.6) is 0 Å². The molecule has 3 aromatic rings. The van der Waals surface area contributed by atoms with Crippen molar-refractivity contribution in [1.82, 2.24) is 9.97 Å². The number of rotatable bonds is 4. The largest absolute Gasteiger partial charge is 0.340 e. The highest BCUT2D eigenvalue weighted by Crippen LogP contribution is 2.31. The van der Waals surface area contributed by atoms with Gasteiger partial charge >= 0.3 is 0 Å². The van der Waals surface area contributed by atoms with Gasteiger partial charge in [0.2, 0.25) is 0 Å². The highest BCUT2D eigenvalue weighted by molar-refractivity contribution is 5.68. The summed E-state index contributed by atoms with van der Waals surface area (Å²) >= 11 is 0. The maximum Gasteiger partial charge on any atom is 0.133 e. The summed E-state index contributed by atoms with van der Waals surface area (Å²) < 4.78 is 14.5. The summed E-state index contributed by atoms with van der Waals surface area (Å²) in [6.07, 6.45) is 7.00. The molecular formula is C21H18FN3O. The zero-order valence-electron chi connectivity index (χ0n) is 14.2. The molecule has 0 bridgehead atoms. The molecule has 2 heterocycles. The van der Waals surface area contributed by atoms with Gasteiger partial charge in [-0.25, -0.2) is 9.37 Å². The number of hydrogen-bond donors (Lipinski definition) is 1. The van der Waals surface area contributed by atoms with Crippen molar-refractivity contribution in [2.75, 3.05) is 5.32 Å². The van der Waals surface area contributed by atoms with E-state index in [9.17, 15) is 9.18 Å². The molecule has 0 amide bonds. The van der Waals surface area contributed by atoms with Gasteiger partial charge in [-0.1, -0.05) is 12.1 Å². The third kappa shape index (κ3) is 3.20. The van der Waals surface area contributed by atoms with Gasteiger partial charge in [-0.3, -0.25) is 4.98 Å². The summed E-state index contributed by atoms with van der Waals surface area (Å²) in [5.41, 5.74) is 3.84. The number of anilines is 2. The van der Waals surface area contributed by atoms with Crippen molar-refractivity contribution in [3.63, 3.8) is 0 Å². The lowest BCUT2D eigenvalue weighted by atomic mass is 9.87. The fraction of sp³-hybridized carbons (Fsp3) is 0.190. The van der Waals surface area contributed by atoms with Crippen LogP contribution in [-0.2, 0) is 11.2 Å². The van der Waals surface area contributed by atoms with Crippen molar-refractivity contribution >= 4 is 17.8 Å². The lowest BCUT2D eigenvalue weighted by Crippen LogP contribution is -2.13. The van der Waals surface area contributed by atoms with Crippen LogP contribution in [0.15, 0.2) is 54.9 Å². The molecule has 2 aromatic heterocycles. The summed E-state index contributed by atoms with van der Waals surface area (Å²) in [4.78, 5) is 19.8. The molecule has 0 saturated heterocycles. The Balaban J connectivity index is 1.58. The van der Waals surface area contributed by atoms with E-state index < -0.39 is 0 Å². The van der Waals surface area contributed by atoms with Crippen molar-refractivity contribution in [1.29, 1.82) is 0 Å². The lowest BCUT2D eigenvalue weighted by molar-refractivity contribution is -0.109. The molecule has 4 nitrogen and oxygen atoms in total. The molecule has 1 aromatic carbocycles. The number of nitrogens with one attached hydrogen (secondary N) is 1. The Kier molecular flexibility index (Phi) is 4.44. The average molecular weight is 347 g/mol. The van der Waals surface area contributed by atoms with Crippen LogP contribution in [0.4, 0.5) is 15.9 Å². The standard InChI is InChI=1S/C21H18FN3O/c22-19-11-16(6-7-17(19)14-4-2-10-23-12-14)24-21-9-8-18-15(13-26)3-1-5-20(18)25-21/h2,4,6-13,15H,1,3,5H2,(H,24,25). The number of hydrogen-bond acceptors (Lipinski definition) is 4. The molecule has 5 heteroatoms. The third-order valence-corrected chi connectivity index (χ3v) is 4.72. The fourth-order valence-electron chi connectivity index (χ4n) is 3.40. The minimum atomic E-state index is -0.318. The molecule has 0 radical (unpaired) electrons. The highest BCUT2D eigenvalue weighted by atomic mass is 19.1. The number of carbonyl (C=O) groups excluding carboxylic acids is 1. The first-order valence-corrected chi connectivity index (χ1v) is 8.66. The van der Waals surface area contributed by atoms with Crippen molar-refractivity contribution < 1.29 is 9.18 Å². The number of benzene rings is 1. The number of carbonyl (C=O) groups is 1. The van der Waals surface area contributed by atoms with Gasteiger partial charge < -0.3 is 10.1 Å². The predicted molar refractivity (Wildman–Crippen MR) is 98.9 cm³/mol. The van der Waals surface area contributed by atoms with Crippen molar-refractivity contribution in [2.24, 2.45) is 0 Å². The first kappa shape index (κ1) is 16.4. The van der Waals surface area contributed by atoms with Gasteiger partial charge in [-0.15, -0.1) is 0 Å². The van der Waals surface area contributed by atoms with E-state index in [0.717, 1.165) is 42.4 Å². The quantitative estimate of drug-likeness (QED) is 0.698. The summed E-state index contributed by atoms with van der Waals surface area (Å²) in [7, 11) is 0. The van der Waals surface area contributed by atoms with E-state index in [1.807, 2.05) is 24.3 Å². The van der Waals surface area contributed by atoms with Gasteiger partial charge in [0.05, 0.1) is 0 Å². The fourth-order valence-corrected chi connectivity index (χ4v) is 3.40. The van der Waals surface area contributed by atoms with Crippen LogP contribution in [0.2, 0.25) is 0 Å². The van der Waals surface area contributed by atoms with E-state index in [2.05, 4.69) is 15.3 Å². The molecule has 26 heavy (non-hydrogen) atoms. The Bertz CT molecular complexity index is 943. The number of nitrogens with zero attached hydrogens (tertiary/aromatic N) is 2. The van der Waals surface area contributed by atoms with Gasteiger partial charge in [-0.2, -0.15) is 0 Å². The maximum atomic E-state index is 14.5. The molecular weight excluding hydrogens is 329 g/mol. The Morgan fingerprint density at radius 2 is 2.12 bits per heavy atom. The number of aromatic nitrogens is 2. The zero-order chi connectivity index (χ0) is 17.9. The molecule has 130 valence electrons. The predicted octanol–water partition coefficient (Wildman–Crippen LogP) is 4.65. The Labute approximate surface area is 151 Å². The van der Waals surface area contributed by atoms with Gasteiger partial charge in [0.25, 0.3) is 0 Å². The minimum Gasteiger partial charge on any atom is -0.340 e. The molecule has 1 aliphatic rings. The summed E-state index contributed by atoms with van der Waals surface area (Å²) in [6.45, 7) is 0. The maximum absolute atomic E-state index is 14.5. The topological polar surface area (TPSA) is 54.9 Å². The summed E-state index contributed by atoms with van der Waals surface area (Å²) in [5, 5.41) is 3.15. The molecule has 1 N–H and O–H groups in total. The first-order chi connectivity index (χ1) is 12.7. The van der Waals surface area contributed by atoms with Gasteiger partial charge in [-0.05, 0) is 55.2 Å². The third-order valence-electron chi connectivity index (χ3n) is 4.72. The van der Waals surface area contributed by atoms with Crippen LogP contribution in [0.1, 0.15) is 30.0 Å². The molecule has 0 aliphatic heterocycles. The Morgan fingerprint density at radius 1 is 1.19 bits per heavy atom. The second-order valence-electron chi connectivity index (χ2n) is 6.43. The number of pyridine rings is 2. The molecule has 0 fully saturated rings. The molecule has 1 atom stereocenters. The van der Waals surface area contributed by atoms with Gasteiger partial charge in [0, 0.05) is 40.8 Å². The van der Waals surface area contributed by atoms with E-state index in [1.165, 1.54) is 6.07 Å². The van der Waals surface area contributed by atoms with E-state index >= 15 is 0 Å². The molecule has 0 saturated carbocycles. The van der Waals surface area contributed by atoms with E-state index in [1.54, 1.807) is 24.5 Å². The smallest absolute Gasteiger partial charge is 0.133 e. The SMILES string of the molecule is O=CC1CCCc2nc(Nc3ccc(-c4cccnc4)c(F)c3)ccc21. The normalized spacial score (nSPS) is 16.0. The second kappa shape index (κ2) is 7.04. The average Bonchev–Trinajstić information content (AvgIpc) is 2.68. The number of aryl methyl sites for hydroxylation is 1. The van der Waals surface area contributed by atoms with Crippen LogP contribution >= 0.6 is 0 Å². The van der Waals surface area contributed by atoms with E-state index in [4.69, 9.17) is 0 Å². The van der Waals surface area contributed by atoms with Crippen molar-refractivity contribution in [3.8, 4) is 11.1 Å². The first-order valence-electron chi connectivity index (χ1n) is 8.66. The summed E-state index contributed by atoms with van der Waals surface area (Å²) in [6, 6.07) is 12.4. The summed E-state index contributed by atoms with van der Waals surface area (Å²) in [5.74, 6) is 0.280. The van der Waals surface area contributed by atoms with Crippen molar-refractivity contribution in [2.45, 2.75) is 25.2 Å². The highest BCUT2D eigenvalue weighted by Gasteiger charge is 2.21.